The summed E-state index contributed by atoms with van der Waals surface area (Å²) in [4.78, 5) is 29.1. The molecule has 8 heteroatoms. The van der Waals surface area contributed by atoms with Gasteiger partial charge < -0.3 is 5.11 Å². The maximum atomic E-state index is 10.7. The summed E-state index contributed by atoms with van der Waals surface area (Å²) in [5.74, 6) is -1.17. The average molecular weight is 277 g/mol. The minimum absolute atomic E-state index is 0.0349. The fourth-order valence-corrected chi connectivity index (χ4v) is 2.11. The average Bonchev–Trinajstić information content (AvgIpc) is 2.39. The molecule has 0 spiro atoms. The number of aromatic nitrogens is 2. The summed E-state index contributed by atoms with van der Waals surface area (Å²) in [6, 6.07) is 5.99. The Morgan fingerprint density at radius 2 is 2.16 bits per heavy atom. The molecule has 0 saturated heterocycles. The van der Waals surface area contributed by atoms with E-state index in [4.69, 9.17) is 5.11 Å². The zero-order valence-corrected chi connectivity index (χ0v) is 10.2. The number of nitro benzene ring substituents is 1. The Bertz CT molecular complexity index is 592. The van der Waals surface area contributed by atoms with Crippen molar-refractivity contribution in [1.29, 1.82) is 0 Å². The lowest BCUT2D eigenvalue weighted by molar-refractivity contribution is -0.385. The fourth-order valence-electron chi connectivity index (χ4n) is 1.28. The van der Waals surface area contributed by atoms with Crippen LogP contribution in [0.15, 0.2) is 46.6 Å². The molecule has 0 saturated carbocycles. The maximum absolute atomic E-state index is 10.7. The SMILES string of the molecule is O=C(O)c1cncc(Sc2cccc([N+](=O)[O-])c2)n1. The molecule has 0 unspecified atom stereocenters. The number of nitro groups is 1. The second kappa shape index (κ2) is 5.44. The number of benzene rings is 1. The molecule has 0 radical (unpaired) electrons. The quantitative estimate of drug-likeness (QED) is 0.674. The van der Waals surface area contributed by atoms with Crippen LogP contribution in [0.2, 0.25) is 0 Å². The molecule has 19 heavy (non-hydrogen) atoms. The Balaban J connectivity index is 2.26. The minimum Gasteiger partial charge on any atom is -0.476 e. The summed E-state index contributed by atoms with van der Waals surface area (Å²) in [5, 5.41) is 19.8. The first-order valence-electron chi connectivity index (χ1n) is 5.04. The normalized spacial score (nSPS) is 10.1. The van der Waals surface area contributed by atoms with Gasteiger partial charge in [-0.05, 0) is 6.07 Å². The summed E-state index contributed by atoms with van der Waals surface area (Å²) < 4.78 is 0. The van der Waals surface area contributed by atoms with Crippen LogP contribution in [0, 0.1) is 10.1 Å². The molecule has 7 nitrogen and oxygen atoms in total. The Kier molecular flexibility index (Phi) is 3.71. The number of nitrogens with zero attached hydrogens (tertiary/aromatic N) is 3. The van der Waals surface area contributed by atoms with Crippen LogP contribution in [0.25, 0.3) is 0 Å². The first-order valence-corrected chi connectivity index (χ1v) is 5.85. The third-order valence-corrected chi connectivity index (χ3v) is 2.98. The van der Waals surface area contributed by atoms with E-state index in [1.54, 1.807) is 12.1 Å². The van der Waals surface area contributed by atoms with Crippen molar-refractivity contribution in [2.24, 2.45) is 0 Å². The van der Waals surface area contributed by atoms with Crippen LogP contribution in [0.5, 0.6) is 0 Å². The topological polar surface area (TPSA) is 106 Å². The van der Waals surface area contributed by atoms with Gasteiger partial charge in [-0.25, -0.2) is 9.78 Å². The Morgan fingerprint density at radius 1 is 1.37 bits per heavy atom. The van der Waals surface area contributed by atoms with E-state index in [1.165, 1.54) is 18.3 Å². The number of rotatable bonds is 4. The van der Waals surface area contributed by atoms with Gasteiger partial charge in [0.25, 0.3) is 5.69 Å². The van der Waals surface area contributed by atoms with Crippen LogP contribution >= 0.6 is 11.8 Å². The zero-order valence-electron chi connectivity index (χ0n) is 9.39. The molecular formula is C11H7N3O4S. The number of hydrogen-bond acceptors (Lipinski definition) is 6. The molecule has 0 aliphatic carbocycles. The van der Waals surface area contributed by atoms with Gasteiger partial charge in [-0.1, -0.05) is 17.8 Å². The van der Waals surface area contributed by atoms with Gasteiger partial charge in [-0.15, -0.1) is 0 Å². The summed E-state index contributed by atoms with van der Waals surface area (Å²) >= 11 is 1.11. The molecule has 1 aromatic carbocycles. The van der Waals surface area contributed by atoms with Crippen molar-refractivity contribution in [2.45, 2.75) is 9.92 Å². The predicted octanol–water partition coefficient (Wildman–Crippen LogP) is 2.23. The van der Waals surface area contributed by atoms with Gasteiger partial charge >= 0.3 is 5.97 Å². The Morgan fingerprint density at radius 3 is 2.84 bits per heavy atom. The highest BCUT2D eigenvalue weighted by Crippen LogP contribution is 2.28. The second-order valence-corrected chi connectivity index (χ2v) is 4.50. The highest BCUT2D eigenvalue weighted by atomic mass is 32.2. The van der Waals surface area contributed by atoms with Crippen LogP contribution in [0.1, 0.15) is 10.5 Å². The minimum atomic E-state index is -1.17. The number of carboxylic acid groups (broad SMARTS) is 1. The highest BCUT2D eigenvalue weighted by molar-refractivity contribution is 7.99. The van der Waals surface area contributed by atoms with E-state index in [0.717, 1.165) is 18.0 Å². The standard InChI is InChI=1S/C11H7N3O4S/c15-11(16)9-5-12-6-10(13-9)19-8-3-1-2-7(4-8)14(17)18/h1-6H,(H,15,16). The first-order chi connectivity index (χ1) is 9.06. The van der Waals surface area contributed by atoms with Crippen LogP contribution in [0.3, 0.4) is 0 Å². The number of non-ortho nitro benzene ring substituents is 1. The van der Waals surface area contributed by atoms with Crippen molar-refractivity contribution in [3.05, 3.63) is 52.5 Å². The van der Waals surface area contributed by atoms with Gasteiger partial charge in [0.1, 0.15) is 5.03 Å². The van der Waals surface area contributed by atoms with Gasteiger partial charge in [0, 0.05) is 17.0 Å². The number of aromatic carboxylic acids is 1. The molecule has 2 aromatic rings. The summed E-state index contributed by atoms with van der Waals surface area (Å²) in [6.45, 7) is 0. The van der Waals surface area contributed by atoms with E-state index >= 15 is 0 Å². The van der Waals surface area contributed by atoms with Crippen molar-refractivity contribution in [3.63, 3.8) is 0 Å². The van der Waals surface area contributed by atoms with Gasteiger partial charge in [0.05, 0.1) is 17.3 Å². The second-order valence-electron chi connectivity index (χ2n) is 3.40. The monoisotopic (exact) mass is 277 g/mol. The lowest BCUT2D eigenvalue weighted by Gasteiger charge is -2.01. The molecule has 96 valence electrons. The van der Waals surface area contributed by atoms with Gasteiger partial charge in [-0.2, -0.15) is 0 Å². The third-order valence-electron chi connectivity index (χ3n) is 2.08. The van der Waals surface area contributed by atoms with E-state index in [-0.39, 0.29) is 11.4 Å². The van der Waals surface area contributed by atoms with Crippen molar-refractivity contribution < 1.29 is 14.8 Å². The highest BCUT2D eigenvalue weighted by Gasteiger charge is 2.10. The van der Waals surface area contributed by atoms with E-state index in [9.17, 15) is 14.9 Å². The van der Waals surface area contributed by atoms with Crippen molar-refractivity contribution in [1.82, 2.24) is 9.97 Å². The molecule has 1 aromatic heterocycles. The molecule has 1 N–H and O–H groups in total. The zero-order chi connectivity index (χ0) is 13.8. The van der Waals surface area contributed by atoms with E-state index in [0.29, 0.717) is 9.92 Å². The molecule has 0 aliphatic rings. The van der Waals surface area contributed by atoms with Gasteiger partial charge in [0.2, 0.25) is 0 Å². The molecule has 0 amide bonds. The summed E-state index contributed by atoms with van der Waals surface area (Å²) in [7, 11) is 0. The van der Waals surface area contributed by atoms with E-state index < -0.39 is 10.9 Å². The fraction of sp³-hybridized carbons (Fsp3) is 0. The lowest BCUT2D eigenvalue weighted by atomic mass is 10.3. The van der Waals surface area contributed by atoms with Crippen LogP contribution in [-0.2, 0) is 0 Å². The van der Waals surface area contributed by atoms with Crippen molar-refractivity contribution in [3.8, 4) is 0 Å². The molecule has 0 aliphatic heterocycles. The predicted molar refractivity (Wildman–Crippen MR) is 66.2 cm³/mol. The molecule has 2 rings (SSSR count). The molecule has 0 fully saturated rings. The molecule has 0 atom stereocenters. The smallest absolute Gasteiger partial charge is 0.356 e. The third kappa shape index (κ3) is 3.26. The van der Waals surface area contributed by atoms with Gasteiger partial charge in [0.15, 0.2) is 5.69 Å². The van der Waals surface area contributed by atoms with E-state index in [2.05, 4.69) is 9.97 Å². The Hall–Kier alpha value is -2.48. The van der Waals surface area contributed by atoms with Gasteiger partial charge in [-0.3, -0.25) is 15.1 Å². The summed E-state index contributed by atoms with van der Waals surface area (Å²) in [6.07, 6.45) is 2.54. The molecular weight excluding hydrogens is 270 g/mol. The van der Waals surface area contributed by atoms with Crippen LogP contribution < -0.4 is 0 Å². The van der Waals surface area contributed by atoms with Crippen LogP contribution in [-0.4, -0.2) is 26.0 Å². The first kappa shape index (κ1) is 13.0. The van der Waals surface area contributed by atoms with Crippen molar-refractivity contribution in [2.75, 3.05) is 0 Å². The number of hydrogen-bond donors (Lipinski definition) is 1. The molecule has 1 heterocycles. The maximum Gasteiger partial charge on any atom is 0.356 e. The largest absolute Gasteiger partial charge is 0.476 e. The van der Waals surface area contributed by atoms with Crippen LogP contribution in [0.4, 0.5) is 5.69 Å². The number of carbonyl (C=O) groups is 1. The number of carboxylic acids is 1. The summed E-state index contributed by atoms with van der Waals surface area (Å²) in [5.41, 5.74) is -0.206. The Labute approximate surface area is 111 Å². The van der Waals surface area contributed by atoms with E-state index in [1.807, 2.05) is 0 Å². The lowest BCUT2D eigenvalue weighted by Crippen LogP contribution is -2.01. The molecule has 0 bridgehead atoms. The van der Waals surface area contributed by atoms with Crippen molar-refractivity contribution >= 4 is 23.4 Å².